The predicted octanol–water partition coefficient (Wildman–Crippen LogP) is -0.0974. The molecule has 1 aromatic rings. The van der Waals surface area contributed by atoms with Crippen LogP contribution >= 0.6 is 0 Å². The van der Waals surface area contributed by atoms with Crippen LogP contribution < -0.4 is 16.4 Å². The predicted molar refractivity (Wildman–Crippen MR) is 98.7 cm³/mol. The fourth-order valence-corrected chi connectivity index (χ4v) is 3.46. The van der Waals surface area contributed by atoms with Gasteiger partial charge in [-0.05, 0) is 36.6 Å². The third-order valence-electron chi connectivity index (χ3n) is 4.82. The van der Waals surface area contributed by atoms with Gasteiger partial charge >= 0.3 is 0 Å². The van der Waals surface area contributed by atoms with Gasteiger partial charge in [-0.1, -0.05) is 12.1 Å². The molecule has 1 saturated heterocycles. The van der Waals surface area contributed by atoms with E-state index in [1.807, 2.05) is 18.2 Å². The Morgan fingerprint density at radius 3 is 2.89 bits per heavy atom. The second-order valence-electron chi connectivity index (χ2n) is 6.82. The molecule has 4 N–H and O–H groups in total. The number of nitrogens with two attached hydrogens (primary N) is 1. The first kappa shape index (κ1) is 19.5. The van der Waals surface area contributed by atoms with Crippen molar-refractivity contribution in [1.82, 2.24) is 15.5 Å². The molecule has 27 heavy (non-hydrogen) atoms. The molecule has 8 nitrogen and oxygen atoms in total. The minimum atomic E-state index is -0.572. The fourth-order valence-electron chi connectivity index (χ4n) is 3.46. The van der Waals surface area contributed by atoms with Crippen molar-refractivity contribution in [3.63, 3.8) is 0 Å². The summed E-state index contributed by atoms with van der Waals surface area (Å²) >= 11 is 0. The van der Waals surface area contributed by atoms with Gasteiger partial charge in [-0.3, -0.25) is 19.7 Å². The summed E-state index contributed by atoms with van der Waals surface area (Å²) in [6.45, 7) is 3.75. The molecule has 1 fully saturated rings. The Bertz CT molecular complexity index is 722. The number of nitrogens with zero attached hydrogens (tertiary/aromatic N) is 1. The molecule has 0 aromatic heterocycles. The lowest BCUT2D eigenvalue weighted by Crippen LogP contribution is -2.52. The van der Waals surface area contributed by atoms with E-state index in [9.17, 15) is 14.4 Å². The molecule has 0 radical (unpaired) electrons. The number of nitrogens with one attached hydrogen (secondary N) is 2. The first-order valence-corrected chi connectivity index (χ1v) is 9.35. The SMILES string of the molecule is NCCOCCCNCc1ccc2c(c1)CN(C1CCC(=O)NC1=O)C2=O. The maximum Gasteiger partial charge on any atom is 0.255 e. The summed E-state index contributed by atoms with van der Waals surface area (Å²) in [6, 6.07) is 5.20. The molecule has 2 aliphatic heterocycles. The van der Waals surface area contributed by atoms with E-state index >= 15 is 0 Å². The molecule has 8 heteroatoms. The lowest BCUT2D eigenvalue weighted by atomic mass is 10.0. The minimum absolute atomic E-state index is 0.143. The summed E-state index contributed by atoms with van der Waals surface area (Å²) < 4.78 is 5.33. The summed E-state index contributed by atoms with van der Waals surface area (Å²) in [7, 11) is 0. The van der Waals surface area contributed by atoms with Gasteiger partial charge in [-0.25, -0.2) is 0 Å². The maximum absolute atomic E-state index is 12.6. The van der Waals surface area contributed by atoms with E-state index in [2.05, 4.69) is 10.6 Å². The number of fused-ring (bicyclic) bond motifs is 1. The number of imide groups is 1. The summed E-state index contributed by atoms with van der Waals surface area (Å²) in [6.07, 6.45) is 1.55. The quantitative estimate of drug-likeness (QED) is 0.411. The number of rotatable bonds is 9. The number of carbonyl (C=O) groups excluding carboxylic acids is 3. The van der Waals surface area contributed by atoms with Gasteiger partial charge in [0.2, 0.25) is 11.8 Å². The van der Waals surface area contributed by atoms with E-state index in [1.165, 1.54) is 0 Å². The highest BCUT2D eigenvalue weighted by Gasteiger charge is 2.38. The monoisotopic (exact) mass is 374 g/mol. The zero-order chi connectivity index (χ0) is 19.2. The van der Waals surface area contributed by atoms with Gasteiger partial charge in [-0.15, -0.1) is 0 Å². The van der Waals surface area contributed by atoms with Gasteiger partial charge < -0.3 is 20.7 Å². The zero-order valence-electron chi connectivity index (χ0n) is 15.3. The standard InChI is InChI=1S/C19H26N4O4/c20-6-9-27-8-1-7-21-11-13-2-3-15-14(10-13)12-23(19(15)26)16-4-5-17(24)22-18(16)25/h2-3,10,16,21H,1,4-9,11-12,20H2,(H,22,24,25). The van der Waals surface area contributed by atoms with Crippen molar-refractivity contribution in [2.45, 2.75) is 38.4 Å². The first-order valence-electron chi connectivity index (χ1n) is 9.35. The highest BCUT2D eigenvalue weighted by Crippen LogP contribution is 2.28. The van der Waals surface area contributed by atoms with E-state index in [4.69, 9.17) is 10.5 Å². The number of hydrogen-bond acceptors (Lipinski definition) is 6. The molecule has 0 aliphatic carbocycles. The molecule has 0 spiro atoms. The van der Waals surface area contributed by atoms with Crippen LogP contribution in [0.1, 0.15) is 40.7 Å². The van der Waals surface area contributed by atoms with Crippen molar-refractivity contribution in [1.29, 1.82) is 0 Å². The van der Waals surface area contributed by atoms with Gasteiger partial charge in [0.1, 0.15) is 6.04 Å². The molecular formula is C19H26N4O4. The smallest absolute Gasteiger partial charge is 0.255 e. The molecule has 0 bridgehead atoms. The van der Waals surface area contributed by atoms with E-state index in [-0.39, 0.29) is 24.1 Å². The van der Waals surface area contributed by atoms with Crippen LogP contribution in [0.25, 0.3) is 0 Å². The van der Waals surface area contributed by atoms with Gasteiger partial charge in [0, 0.05) is 38.2 Å². The van der Waals surface area contributed by atoms with Crippen LogP contribution in [0.15, 0.2) is 18.2 Å². The van der Waals surface area contributed by atoms with Crippen molar-refractivity contribution in [3.05, 3.63) is 34.9 Å². The molecule has 1 aromatic carbocycles. The van der Waals surface area contributed by atoms with E-state index in [0.29, 0.717) is 44.8 Å². The van der Waals surface area contributed by atoms with Crippen molar-refractivity contribution in [3.8, 4) is 0 Å². The molecule has 1 unspecified atom stereocenters. The van der Waals surface area contributed by atoms with Crippen LogP contribution in [0.4, 0.5) is 0 Å². The van der Waals surface area contributed by atoms with Crippen molar-refractivity contribution in [2.75, 3.05) is 26.3 Å². The van der Waals surface area contributed by atoms with Crippen LogP contribution in [0.3, 0.4) is 0 Å². The number of hydrogen-bond donors (Lipinski definition) is 3. The van der Waals surface area contributed by atoms with Gasteiger partial charge in [-0.2, -0.15) is 0 Å². The average molecular weight is 374 g/mol. The van der Waals surface area contributed by atoms with E-state index in [1.54, 1.807) is 4.90 Å². The summed E-state index contributed by atoms with van der Waals surface area (Å²) in [5, 5.41) is 5.67. The zero-order valence-corrected chi connectivity index (χ0v) is 15.3. The van der Waals surface area contributed by atoms with E-state index < -0.39 is 6.04 Å². The minimum Gasteiger partial charge on any atom is -0.380 e. The highest BCUT2D eigenvalue weighted by molar-refractivity contribution is 6.05. The lowest BCUT2D eigenvalue weighted by Gasteiger charge is -2.29. The molecule has 2 heterocycles. The first-order chi connectivity index (χ1) is 13.1. The van der Waals surface area contributed by atoms with Crippen LogP contribution in [0.5, 0.6) is 0 Å². The average Bonchev–Trinajstić information content (AvgIpc) is 2.97. The van der Waals surface area contributed by atoms with Crippen LogP contribution in [-0.2, 0) is 27.4 Å². The molecule has 3 rings (SSSR count). The molecule has 2 aliphatic rings. The Labute approximate surface area is 158 Å². The Morgan fingerprint density at radius 2 is 2.11 bits per heavy atom. The second kappa shape index (κ2) is 9.07. The molecule has 1 atom stereocenters. The van der Waals surface area contributed by atoms with Crippen molar-refractivity contribution in [2.24, 2.45) is 5.73 Å². The highest BCUT2D eigenvalue weighted by atomic mass is 16.5. The van der Waals surface area contributed by atoms with Crippen molar-refractivity contribution >= 4 is 17.7 Å². The van der Waals surface area contributed by atoms with Crippen molar-refractivity contribution < 1.29 is 19.1 Å². The maximum atomic E-state index is 12.6. The van der Waals surface area contributed by atoms with Crippen LogP contribution in [-0.4, -0.2) is 55.0 Å². The third kappa shape index (κ3) is 4.71. The van der Waals surface area contributed by atoms with E-state index in [0.717, 1.165) is 24.1 Å². The van der Waals surface area contributed by atoms with Gasteiger partial charge in [0.25, 0.3) is 5.91 Å². The normalized spacial score (nSPS) is 19.4. The Kier molecular flexibility index (Phi) is 6.54. The third-order valence-corrected chi connectivity index (χ3v) is 4.82. The lowest BCUT2D eigenvalue weighted by molar-refractivity contribution is -0.136. The molecular weight excluding hydrogens is 348 g/mol. The van der Waals surface area contributed by atoms with Crippen LogP contribution in [0.2, 0.25) is 0 Å². The molecule has 3 amide bonds. The van der Waals surface area contributed by atoms with Gasteiger partial charge in [0.15, 0.2) is 0 Å². The summed E-state index contributed by atoms with van der Waals surface area (Å²) in [5.41, 5.74) is 8.02. The summed E-state index contributed by atoms with van der Waals surface area (Å²) in [5.74, 6) is -0.801. The topological polar surface area (TPSA) is 114 Å². The molecule has 146 valence electrons. The molecule has 0 saturated carbocycles. The van der Waals surface area contributed by atoms with Gasteiger partial charge in [0.05, 0.1) is 6.61 Å². The Hall–Kier alpha value is -2.29. The number of carbonyl (C=O) groups is 3. The van der Waals surface area contributed by atoms with Crippen LogP contribution in [0, 0.1) is 0 Å². The number of amides is 3. The Balaban J connectivity index is 1.53. The Morgan fingerprint density at radius 1 is 1.26 bits per heavy atom. The fraction of sp³-hybridized carbons (Fsp3) is 0.526. The summed E-state index contributed by atoms with van der Waals surface area (Å²) in [4.78, 5) is 37.6. The largest absolute Gasteiger partial charge is 0.380 e. The number of piperidine rings is 1. The number of benzene rings is 1. The second-order valence-corrected chi connectivity index (χ2v) is 6.82. The number of ether oxygens (including phenoxy) is 1.